The van der Waals surface area contributed by atoms with E-state index < -0.39 is 0 Å². The molecule has 0 amide bonds. The first-order chi connectivity index (χ1) is 10.4. The van der Waals surface area contributed by atoms with Crippen molar-refractivity contribution in [3.8, 4) is 5.75 Å². The number of ether oxygens (including phenoxy) is 1. The lowest BCUT2D eigenvalue weighted by Crippen LogP contribution is -2.11. The number of thioether (sulfide) groups is 1. The molecule has 2 aromatic carbocycles. The van der Waals surface area contributed by atoms with Crippen LogP contribution in [-0.4, -0.2) is 18.9 Å². The smallest absolute Gasteiger partial charge is 0.119 e. The van der Waals surface area contributed by atoms with Crippen LogP contribution in [0.5, 0.6) is 5.75 Å². The molecule has 112 valence electrons. The summed E-state index contributed by atoms with van der Waals surface area (Å²) in [5, 5.41) is 3.36. The molecule has 0 saturated heterocycles. The van der Waals surface area contributed by atoms with Crippen LogP contribution in [0.4, 0.5) is 0 Å². The van der Waals surface area contributed by atoms with Gasteiger partial charge in [-0.15, -0.1) is 11.8 Å². The van der Waals surface area contributed by atoms with Crippen molar-refractivity contribution >= 4 is 11.8 Å². The summed E-state index contributed by atoms with van der Waals surface area (Å²) >= 11 is 1.90. The van der Waals surface area contributed by atoms with Crippen molar-refractivity contribution in [2.75, 3.05) is 18.9 Å². The molecule has 0 radical (unpaired) electrons. The molecule has 0 aliphatic rings. The van der Waals surface area contributed by atoms with Crippen LogP contribution in [-0.2, 0) is 6.54 Å². The van der Waals surface area contributed by atoms with Gasteiger partial charge in [0.15, 0.2) is 0 Å². The van der Waals surface area contributed by atoms with E-state index in [2.05, 4.69) is 36.5 Å². The van der Waals surface area contributed by atoms with Crippen LogP contribution in [0.1, 0.15) is 18.9 Å². The van der Waals surface area contributed by atoms with E-state index in [1.807, 2.05) is 42.1 Å². The second kappa shape index (κ2) is 9.48. The summed E-state index contributed by atoms with van der Waals surface area (Å²) in [5.74, 6) is 2.03. The van der Waals surface area contributed by atoms with E-state index in [-0.39, 0.29) is 0 Å². The summed E-state index contributed by atoms with van der Waals surface area (Å²) in [6, 6.07) is 18.8. The van der Waals surface area contributed by atoms with Gasteiger partial charge in [-0.2, -0.15) is 0 Å². The molecule has 0 aromatic heterocycles. The first-order valence-electron chi connectivity index (χ1n) is 7.49. The number of benzene rings is 2. The van der Waals surface area contributed by atoms with Crippen LogP contribution < -0.4 is 10.1 Å². The number of hydrogen-bond donors (Lipinski definition) is 1. The molecule has 2 aromatic rings. The van der Waals surface area contributed by atoms with Gasteiger partial charge < -0.3 is 10.1 Å². The largest absolute Gasteiger partial charge is 0.494 e. The third kappa shape index (κ3) is 6.23. The molecule has 21 heavy (non-hydrogen) atoms. The van der Waals surface area contributed by atoms with Crippen molar-refractivity contribution in [2.45, 2.75) is 24.8 Å². The number of para-hydroxylation sites is 1. The molecule has 0 atom stereocenters. The minimum atomic E-state index is 0.772. The molecule has 0 saturated carbocycles. The molecule has 0 fully saturated rings. The highest BCUT2D eigenvalue weighted by Gasteiger charge is 1.98. The maximum absolute atomic E-state index is 5.70. The van der Waals surface area contributed by atoms with E-state index >= 15 is 0 Å². The van der Waals surface area contributed by atoms with Crippen LogP contribution in [0.2, 0.25) is 0 Å². The van der Waals surface area contributed by atoms with Crippen molar-refractivity contribution in [1.82, 2.24) is 5.32 Å². The van der Waals surface area contributed by atoms with Gasteiger partial charge in [0.05, 0.1) is 6.61 Å². The molecule has 0 unspecified atom stereocenters. The van der Waals surface area contributed by atoms with E-state index in [0.29, 0.717) is 0 Å². The highest BCUT2D eigenvalue weighted by Crippen LogP contribution is 2.20. The van der Waals surface area contributed by atoms with Gasteiger partial charge in [0.2, 0.25) is 0 Å². The fraction of sp³-hybridized carbons (Fsp3) is 0.333. The summed E-state index contributed by atoms with van der Waals surface area (Å²) in [5.41, 5.74) is 1.35. The Balaban J connectivity index is 1.66. The molecule has 0 aliphatic carbocycles. The van der Waals surface area contributed by atoms with Gasteiger partial charge in [-0.3, -0.25) is 0 Å². The van der Waals surface area contributed by atoms with Crippen LogP contribution in [0, 0.1) is 0 Å². The van der Waals surface area contributed by atoms with Gasteiger partial charge in [0.25, 0.3) is 0 Å². The lowest BCUT2D eigenvalue weighted by molar-refractivity contribution is 0.319. The maximum atomic E-state index is 5.70. The molecule has 0 bridgehead atoms. The molecule has 0 aliphatic heterocycles. The Morgan fingerprint density at radius 1 is 1.05 bits per heavy atom. The monoisotopic (exact) mass is 301 g/mol. The summed E-state index contributed by atoms with van der Waals surface area (Å²) in [4.78, 5) is 1.34. The molecule has 2 rings (SSSR count). The second-order valence-corrected chi connectivity index (χ2v) is 5.96. The third-order valence-corrected chi connectivity index (χ3v) is 4.13. The SMILES string of the molecule is CCNCc1cccc(SCCCOc2ccccc2)c1. The first-order valence-corrected chi connectivity index (χ1v) is 8.47. The zero-order valence-corrected chi connectivity index (χ0v) is 13.4. The Kier molecular flexibility index (Phi) is 7.19. The van der Waals surface area contributed by atoms with Crippen molar-refractivity contribution in [2.24, 2.45) is 0 Å². The van der Waals surface area contributed by atoms with Gasteiger partial charge in [-0.05, 0) is 42.8 Å². The maximum Gasteiger partial charge on any atom is 0.119 e. The predicted molar refractivity (Wildman–Crippen MR) is 91.1 cm³/mol. The van der Waals surface area contributed by atoms with Gasteiger partial charge in [-0.25, -0.2) is 0 Å². The Hall–Kier alpha value is -1.45. The fourth-order valence-corrected chi connectivity index (χ4v) is 2.88. The summed E-state index contributed by atoms with van der Waals surface area (Å²) in [7, 11) is 0. The van der Waals surface area contributed by atoms with E-state index in [4.69, 9.17) is 4.74 Å². The van der Waals surface area contributed by atoms with Gasteiger partial charge in [-0.1, -0.05) is 37.3 Å². The highest BCUT2D eigenvalue weighted by molar-refractivity contribution is 7.99. The second-order valence-electron chi connectivity index (χ2n) is 4.79. The molecule has 2 nitrogen and oxygen atoms in total. The topological polar surface area (TPSA) is 21.3 Å². The average molecular weight is 301 g/mol. The van der Waals surface area contributed by atoms with Crippen LogP contribution in [0.3, 0.4) is 0 Å². The molecule has 0 spiro atoms. The minimum absolute atomic E-state index is 0.772. The molecular weight excluding hydrogens is 278 g/mol. The quantitative estimate of drug-likeness (QED) is 0.549. The lowest BCUT2D eigenvalue weighted by atomic mass is 10.2. The average Bonchev–Trinajstić information content (AvgIpc) is 2.54. The molecule has 1 N–H and O–H groups in total. The third-order valence-electron chi connectivity index (χ3n) is 3.05. The van der Waals surface area contributed by atoms with Crippen molar-refractivity contribution < 1.29 is 4.74 Å². The normalized spacial score (nSPS) is 10.5. The minimum Gasteiger partial charge on any atom is -0.494 e. The molecule has 0 heterocycles. The van der Waals surface area contributed by atoms with Crippen molar-refractivity contribution in [3.63, 3.8) is 0 Å². The Morgan fingerprint density at radius 3 is 2.71 bits per heavy atom. The van der Waals surface area contributed by atoms with Crippen molar-refractivity contribution in [3.05, 3.63) is 60.2 Å². The lowest BCUT2D eigenvalue weighted by Gasteiger charge is -2.07. The van der Waals surface area contributed by atoms with Crippen LogP contribution in [0.25, 0.3) is 0 Å². The number of hydrogen-bond acceptors (Lipinski definition) is 3. The highest BCUT2D eigenvalue weighted by atomic mass is 32.2. The number of nitrogens with one attached hydrogen (secondary N) is 1. The zero-order chi connectivity index (χ0) is 14.8. The van der Waals surface area contributed by atoms with Gasteiger partial charge in [0, 0.05) is 17.2 Å². The van der Waals surface area contributed by atoms with E-state index in [1.54, 1.807) is 0 Å². The van der Waals surface area contributed by atoms with Crippen molar-refractivity contribution in [1.29, 1.82) is 0 Å². The first kappa shape index (κ1) is 15.9. The Bertz CT molecular complexity index is 516. The molecular formula is C18H23NOS. The van der Waals surface area contributed by atoms with E-state index in [9.17, 15) is 0 Å². The van der Waals surface area contributed by atoms with Crippen LogP contribution >= 0.6 is 11.8 Å². The van der Waals surface area contributed by atoms with Gasteiger partial charge in [0.1, 0.15) is 5.75 Å². The number of rotatable bonds is 9. The fourth-order valence-electron chi connectivity index (χ4n) is 1.97. The summed E-state index contributed by atoms with van der Waals surface area (Å²) in [6.45, 7) is 4.86. The van der Waals surface area contributed by atoms with Gasteiger partial charge >= 0.3 is 0 Å². The summed E-state index contributed by atoms with van der Waals surface area (Å²) in [6.07, 6.45) is 1.05. The molecule has 3 heteroatoms. The zero-order valence-electron chi connectivity index (χ0n) is 12.5. The van der Waals surface area contributed by atoms with Crippen LogP contribution in [0.15, 0.2) is 59.5 Å². The Morgan fingerprint density at radius 2 is 1.90 bits per heavy atom. The standard InChI is InChI=1S/C18H23NOS/c1-2-19-15-16-8-6-11-18(14-16)21-13-7-12-20-17-9-4-3-5-10-17/h3-6,8-11,14,19H,2,7,12-13,15H2,1H3. The summed E-state index contributed by atoms with van der Waals surface area (Å²) < 4.78 is 5.70. The Labute approximate surface area is 131 Å². The van der Waals surface area contributed by atoms with E-state index in [1.165, 1.54) is 10.5 Å². The predicted octanol–water partition coefficient (Wildman–Crippen LogP) is 4.36. The van der Waals surface area contributed by atoms with E-state index in [0.717, 1.165) is 37.6 Å².